The molecule has 10 heteroatoms. The first kappa shape index (κ1) is 33.2. The van der Waals surface area contributed by atoms with E-state index in [1.54, 1.807) is 16.5 Å². The maximum absolute atomic E-state index is 13.6. The fourth-order valence-corrected chi connectivity index (χ4v) is 7.30. The number of benzene rings is 1. The number of amides is 1. The van der Waals surface area contributed by atoms with Crippen molar-refractivity contribution >= 4 is 58.4 Å². The summed E-state index contributed by atoms with van der Waals surface area (Å²) >= 11 is 3.68. The standard InChI is InChI=1S/C35H45BrN4O4Si/c1-9-10-31(41)40(29-19-22(2)27(36)20-25(29)23-11-12-23)30-16-15-28-32(37-30)33(38-39(28)5)44-24-13-14-26(35(3,4)21-24)34(42)43-17-18-45(6,7)8/h15-16,19-20,23-24,26H,11-14,17-18,21H2,1-8H3. The highest BCUT2D eigenvalue weighted by Crippen LogP contribution is 2.48. The Labute approximate surface area is 276 Å². The number of carbonyl (C=O) groups excluding carboxylic acids is 2. The number of anilines is 2. The van der Waals surface area contributed by atoms with Gasteiger partial charge in [0, 0.05) is 19.6 Å². The third-order valence-corrected chi connectivity index (χ3v) is 11.6. The zero-order valence-corrected chi connectivity index (χ0v) is 30.4. The van der Waals surface area contributed by atoms with Crippen LogP contribution in [0.5, 0.6) is 5.88 Å². The number of esters is 1. The number of ether oxygens (including phenoxy) is 2. The Bertz CT molecular complexity index is 1680. The van der Waals surface area contributed by atoms with Crippen molar-refractivity contribution in [1.82, 2.24) is 14.8 Å². The minimum absolute atomic E-state index is 0.0972. The van der Waals surface area contributed by atoms with Gasteiger partial charge in [-0.1, -0.05) is 55.3 Å². The Morgan fingerprint density at radius 3 is 2.53 bits per heavy atom. The number of hydrogen-bond acceptors (Lipinski definition) is 6. The second-order valence-electron chi connectivity index (χ2n) is 14.5. The molecule has 1 aromatic carbocycles. The quantitative estimate of drug-likeness (QED) is 0.128. The van der Waals surface area contributed by atoms with E-state index >= 15 is 0 Å². The minimum Gasteiger partial charge on any atom is -0.472 e. The summed E-state index contributed by atoms with van der Waals surface area (Å²) in [6, 6.07) is 8.91. The average Bonchev–Trinajstić information content (AvgIpc) is 3.74. The van der Waals surface area contributed by atoms with Crippen molar-refractivity contribution in [2.45, 2.75) is 97.5 Å². The molecule has 2 atom stereocenters. The molecule has 1 amide bonds. The van der Waals surface area contributed by atoms with E-state index in [2.05, 4.69) is 67.3 Å². The Kier molecular flexibility index (Phi) is 9.53. The molecule has 0 bridgehead atoms. The number of halogens is 1. The molecule has 45 heavy (non-hydrogen) atoms. The predicted molar refractivity (Wildman–Crippen MR) is 185 cm³/mol. The Balaban J connectivity index is 1.42. The van der Waals surface area contributed by atoms with Crippen LogP contribution in [0.4, 0.5) is 11.5 Å². The zero-order valence-electron chi connectivity index (χ0n) is 27.8. The van der Waals surface area contributed by atoms with Gasteiger partial charge in [-0.05, 0) is 105 Å². The number of rotatable bonds is 9. The molecule has 2 unspecified atom stereocenters. The van der Waals surface area contributed by atoms with Gasteiger partial charge in [-0.25, -0.2) is 4.98 Å². The van der Waals surface area contributed by atoms with Crippen LogP contribution < -0.4 is 9.64 Å². The number of aryl methyl sites for hydroxylation is 2. The molecule has 2 heterocycles. The van der Waals surface area contributed by atoms with E-state index in [-0.39, 0.29) is 29.3 Å². The van der Waals surface area contributed by atoms with Crippen LogP contribution in [0, 0.1) is 30.1 Å². The molecule has 3 aromatic rings. The number of aromatic nitrogens is 3. The molecule has 0 spiro atoms. The van der Waals surface area contributed by atoms with Crippen molar-refractivity contribution in [3.63, 3.8) is 0 Å². The second-order valence-corrected chi connectivity index (χ2v) is 20.9. The molecule has 8 nitrogen and oxygen atoms in total. The summed E-state index contributed by atoms with van der Waals surface area (Å²) in [7, 11) is 0.586. The first-order chi connectivity index (χ1) is 21.2. The molecule has 2 saturated carbocycles. The van der Waals surface area contributed by atoms with Gasteiger partial charge in [0.15, 0.2) is 5.52 Å². The highest BCUT2D eigenvalue weighted by Gasteiger charge is 2.43. The van der Waals surface area contributed by atoms with Crippen molar-refractivity contribution in [1.29, 1.82) is 0 Å². The van der Waals surface area contributed by atoms with Crippen LogP contribution in [0.25, 0.3) is 11.0 Å². The second kappa shape index (κ2) is 12.9. The lowest BCUT2D eigenvalue weighted by Gasteiger charge is -2.40. The van der Waals surface area contributed by atoms with Gasteiger partial charge in [0.05, 0.1) is 23.7 Å². The first-order valence-corrected chi connectivity index (χ1v) is 20.4. The third kappa shape index (κ3) is 7.46. The van der Waals surface area contributed by atoms with Crippen LogP contribution in [0.15, 0.2) is 28.7 Å². The van der Waals surface area contributed by atoms with E-state index < -0.39 is 8.07 Å². The largest absolute Gasteiger partial charge is 0.472 e. The van der Waals surface area contributed by atoms with Gasteiger partial charge in [-0.15, -0.1) is 5.10 Å². The number of hydrogen-bond donors (Lipinski definition) is 0. The van der Waals surface area contributed by atoms with Crippen LogP contribution in [0.3, 0.4) is 0 Å². The van der Waals surface area contributed by atoms with Crippen molar-refractivity contribution < 1.29 is 19.1 Å². The molecular weight excluding hydrogens is 648 g/mol. The fourth-order valence-electron chi connectivity index (χ4n) is 6.23. The van der Waals surface area contributed by atoms with Gasteiger partial charge in [0.1, 0.15) is 11.9 Å². The fraction of sp³-hybridized carbons (Fsp3) is 0.543. The van der Waals surface area contributed by atoms with Crippen LogP contribution in [-0.2, 0) is 21.4 Å². The number of fused-ring (bicyclic) bond motifs is 1. The van der Waals surface area contributed by atoms with Gasteiger partial charge in [0.25, 0.3) is 5.88 Å². The summed E-state index contributed by atoms with van der Waals surface area (Å²) in [5, 5.41) is 4.69. The summed E-state index contributed by atoms with van der Waals surface area (Å²) in [5.74, 6) is 6.21. The predicted octanol–water partition coefficient (Wildman–Crippen LogP) is 8.06. The molecule has 5 rings (SSSR count). The summed E-state index contributed by atoms with van der Waals surface area (Å²) in [6.07, 6.45) is 4.15. The van der Waals surface area contributed by atoms with E-state index in [1.165, 1.54) is 0 Å². The van der Waals surface area contributed by atoms with Gasteiger partial charge in [-0.3, -0.25) is 19.2 Å². The first-order valence-electron chi connectivity index (χ1n) is 15.9. The molecule has 2 aliphatic rings. The Morgan fingerprint density at radius 1 is 1.16 bits per heavy atom. The van der Waals surface area contributed by atoms with E-state index in [0.29, 0.717) is 49.0 Å². The van der Waals surface area contributed by atoms with Gasteiger partial charge < -0.3 is 9.47 Å². The van der Waals surface area contributed by atoms with Crippen LogP contribution in [-0.4, -0.2) is 47.4 Å². The number of carbonyl (C=O) groups is 2. The topological polar surface area (TPSA) is 86.6 Å². The van der Waals surface area contributed by atoms with Gasteiger partial charge >= 0.3 is 11.9 Å². The lowest BCUT2D eigenvalue weighted by atomic mass is 9.68. The lowest BCUT2D eigenvalue weighted by Crippen LogP contribution is -2.42. The molecule has 0 radical (unpaired) electrons. The highest BCUT2D eigenvalue weighted by atomic mass is 79.9. The third-order valence-electron chi connectivity index (χ3n) is 9.02. The molecule has 0 N–H and O–H groups in total. The lowest BCUT2D eigenvalue weighted by molar-refractivity contribution is -0.155. The summed E-state index contributed by atoms with van der Waals surface area (Å²) < 4.78 is 15.1. The number of pyridine rings is 1. The van der Waals surface area contributed by atoms with Crippen molar-refractivity contribution in [3.05, 3.63) is 39.9 Å². The SMILES string of the molecule is CC#CC(=O)N(c1ccc2c(n1)c(OC1CCC(C(=O)OCC[Si](C)(C)C)C(C)(C)C1)nn2C)c1cc(C)c(Br)cc1C1CC1. The van der Waals surface area contributed by atoms with Crippen molar-refractivity contribution in [3.8, 4) is 17.7 Å². The van der Waals surface area contributed by atoms with E-state index in [4.69, 9.17) is 19.6 Å². The Morgan fingerprint density at radius 2 is 1.89 bits per heavy atom. The highest BCUT2D eigenvalue weighted by molar-refractivity contribution is 9.10. The minimum atomic E-state index is -1.28. The van der Waals surface area contributed by atoms with E-state index in [0.717, 1.165) is 45.7 Å². The van der Waals surface area contributed by atoms with Crippen LogP contribution >= 0.6 is 15.9 Å². The average molecular weight is 694 g/mol. The Hall–Kier alpha value is -3.16. The van der Waals surface area contributed by atoms with Gasteiger partial charge in [-0.2, -0.15) is 0 Å². The monoisotopic (exact) mass is 692 g/mol. The van der Waals surface area contributed by atoms with E-state index in [9.17, 15) is 9.59 Å². The smallest absolute Gasteiger partial charge is 0.309 e. The molecule has 0 saturated heterocycles. The number of nitrogens with zero attached hydrogens (tertiary/aromatic N) is 4. The summed E-state index contributed by atoms with van der Waals surface area (Å²) in [4.78, 5) is 33.2. The molecule has 2 aliphatic carbocycles. The van der Waals surface area contributed by atoms with Crippen LogP contribution in [0.1, 0.15) is 69.9 Å². The van der Waals surface area contributed by atoms with E-state index in [1.807, 2.05) is 32.2 Å². The molecule has 2 aromatic heterocycles. The molecular formula is C35H45BrN4O4Si. The zero-order chi connectivity index (χ0) is 32.7. The molecule has 2 fully saturated rings. The van der Waals surface area contributed by atoms with Crippen molar-refractivity contribution in [2.24, 2.45) is 18.4 Å². The maximum Gasteiger partial charge on any atom is 0.309 e. The maximum atomic E-state index is 13.6. The molecule has 240 valence electrons. The van der Waals surface area contributed by atoms with Crippen LogP contribution in [0.2, 0.25) is 25.7 Å². The van der Waals surface area contributed by atoms with Gasteiger partial charge in [0.2, 0.25) is 0 Å². The molecule has 0 aliphatic heterocycles. The summed E-state index contributed by atoms with van der Waals surface area (Å²) in [6.45, 7) is 15.3. The normalized spacial score (nSPS) is 19.5. The van der Waals surface area contributed by atoms with Crippen molar-refractivity contribution in [2.75, 3.05) is 11.5 Å². The summed E-state index contributed by atoms with van der Waals surface area (Å²) in [5.41, 5.74) is 4.05.